The van der Waals surface area contributed by atoms with Gasteiger partial charge in [-0.25, -0.2) is 0 Å². The van der Waals surface area contributed by atoms with Crippen LogP contribution < -0.4 is 4.74 Å². The van der Waals surface area contributed by atoms with Crippen molar-refractivity contribution in [2.24, 2.45) is 11.3 Å². The van der Waals surface area contributed by atoms with E-state index in [-0.39, 0.29) is 11.0 Å². The SMILES string of the molecule is CC1(C)[C@@H](Br)CC[C@]2(C)Oc3ccc(I)cc3C[C@@H]12. The fourth-order valence-corrected chi connectivity index (χ4v) is 4.95. The highest BCUT2D eigenvalue weighted by molar-refractivity contribution is 14.1. The van der Waals surface area contributed by atoms with Crippen LogP contribution in [0, 0.1) is 14.9 Å². The second-order valence-electron chi connectivity index (χ2n) is 6.75. The third kappa shape index (κ3) is 2.25. The Labute approximate surface area is 137 Å². The molecular formula is C16H20BrIO. The number of ether oxygens (including phenoxy) is 1. The van der Waals surface area contributed by atoms with Gasteiger partial charge in [0, 0.05) is 14.3 Å². The lowest BCUT2D eigenvalue weighted by molar-refractivity contribution is -0.0772. The lowest BCUT2D eigenvalue weighted by Gasteiger charge is -2.55. The van der Waals surface area contributed by atoms with Gasteiger partial charge < -0.3 is 4.74 Å². The molecule has 2 aliphatic rings. The summed E-state index contributed by atoms with van der Waals surface area (Å²) < 4.78 is 7.74. The first-order valence-electron chi connectivity index (χ1n) is 6.94. The van der Waals surface area contributed by atoms with Gasteiger partial charge in [-0.05, 0) is 78.0 Å². The van der Waals surface area contributed by atoms with Crippen molar-refractivity contribution in [3.05, 3.63) is 27.3 Å². The summed E-state index contributed by atoms with van der Waals surface area (Å²) in [5.74, 6) is 1.67. The maximum atomic E-state index is 6.44. The number of hydrogen-bond acceptors (Lipinski definition) is 1. The lowest BCUT2D eigenvalue weighted by atomic mass is 9.59. The predicted octanol–water partition coefficient (Wildman–Crippen LogP) is 5.18. The van der Waals surface area contributed by atoms with Gasteiger partial charge in [0.1, 0.15) is 11.4 Å². The summed E-state index contributed by atoms with van der Waals surface area (Å²) in [6.45, 7) is 7.08. The average molecular weight is 435 g/mol. The number of halogens is 2. The van der Waals surface area contributed by atoms with E-state index in [1.165, 1.54) is 15.6 Å². The highest BCUT2D eigenvalue weighted by atomic mass is 127. The van der Waals surface area contributed by atoms with Crippen LogP contribution in [0.25, 0.3) is 0 Å². The van der Waals surface area contributed by atoms with Crippen molar-refractivity contribution in [1.29, 1.82) is 0 Å². The minimum atomic E-state index is -0.00639. The van der Waals surface area contributed by atoms with Crippen LogP contribution in [0.4, 0.5) is 0 Å². The van der Waals surface area contributed by atoms with Crippen LogP contribution in [0.15, 0.2) is 18.2 Å². The van der Waals surface area contributed by atoms with E-state index in [1.54, 1.807) is 0 Å². The third-order valence-corrected chi connectivity index (χ3v) is 7.44. The lowest BCUT2D eigenvalue weighted by Crippen LogP contribution is -2.57. The van der Waals surface area contributed by atoms with Gasteiger partial charge in [-0.3, -0.25) is 0 Å². The fourth-order valence-electron chi connectivity index (χ4n) is 3.84. The standard InChI is InChI=1S/C16H20BrIO/c1-15(2)13-9-10-8-11(18)4-5-12(10)19-16(13,3)7-6-14(15)17/h4-5,8,13-14H,6-7,9H2,1-3H3/t13-,14-,16-/m0/s1. The Bertz CT molecular complexity index is 513. The van der Waals surface area contributed by atoms with Gasteiger partial charge in [-0.1, -0.05) is 29.8 Å². The molecule has 3 atom stereocenters. The van der Waals surface area contributed by atoms with Gasteiger partial charge in [-0.15, -0.1) is 0 Å². The maximum absolute atomic E-state index is 6.44. The minimum Gasteiger partial charge on any atom is -0.487 e. The molecular weight excluding hydrogens is 415 g/mol. The van der Waals surface area contributed by atoms with Gasteiger partial charge >= 0.3 is 0 Å². The van der Waals surface area contributed by atoms with Gasteiger partial charge in [0.05, 0.1) is 0 Å². The van der Waals surface area contributed by atoms with Crippen molar-refractivity contribution in [3.63, 3.8) is 0 Å². The topological polar surface area (TPSA) is 9.23 Å². The molecule has 19 heavy (non-hydrogen) atoms. The van der Waals surface area contributed by atoms with Crippen molar-refractivity contribution in [1.82, 2.24) is 0 Å². The smallest absolute Gasteiger partial charge is 0.123 e. The van der Waals surface area contributed by atoms with Crippen molar-refractivity contribution < 1.29 is 4.74 Å². The van der Waals surface area contributed by atoms with E-state index in [9.17, 15) is 0 Å². The molecule has 0 radical (unpaired) electrons. The first kappa shape index (κ1) is 14.2. The van der Waals surface area contributed by atoms with E-state index in [0.717, 1.165) is 18.6 Å². The monoisotopic (exact) mass is 434 g/mol. The summed E-state index contributed by atoms with van der Waals surface area (Å²) >= 11 is 6.28. The molecule has 0 amide bonds. The quantitative estimate of drug-likeness (QED) is 0.403. The van der Waals surface area contributed by atoms with E-state index < -0.39 is 0 Å². The Balaban J connectivity index is 2.04. The van der Waals surface area contributed by atoms with Crippen LogP contribution in [-0.4, -0.2) is 10.4 Å². The van der Waals surface area contributed by atoms with Crippen LogP contribution in [0.3, 0.4) is 0 Å². The van der Waals surface area contributed by atoms with Crippen molar-refractivity contribution in [2.45, 2.75) is 50.5 Å². The van der Waals surface area contributed by atoms with Crippen molar-refractivity contribution >= 4 is 38.5 Å². The van der Waals surface area contributed by atoms with E-state index in [1.807, 2.05) is 0 Å². The zero-order chi connectivity index (χ0) is 13.8. The molecule has 104 valence electrons. The van der Waals surface area contributed by atoms with E-state index >= 15 is 0 Å². The zero-order valence-electron chi connectivity index (χ0n) is 11.7. The normalized spacial score (nSPS) is 36.1. The maximum Gasteiger partial charge on any atom is 0.123 e. The number of alkyl halides is 1. The molecule has 0 unspecified atom stereocenters. The molecule has 1 nitrogen and oxygen atoms in total. The van der Waals surface area contributed by atoms with Crippen LogP contribution in [0.5, 0.6) is 5.75 Å². The molecule has 1 aromatic rings. The molecule has 1 aliphatic carbocycles. The summed E-state index contributed by atoms with van der Waals surface area (Å²) in [6, 6.07) is 6.57. The molecule has 0 spiro atoms. The molecule has 0 N–H and O–H groups in total. The average Bonchev–Trinajstić information content (AvgIpc) is 2.34. The van der Waals surface area contributed by atoms with E-state index in [0.29, 0.717) is 10.7 Å². The Morgan fingerprint density at radius 1 is 1.32 bits per heavy atom. The predicted molar refractivity (Wildman–Crippen MR) is 91.1 cm³/mol. The second-order valence-corrected chi connectivity index (χ2v) is 9.10. The van der Waals surface area contributed by atoms with Gasteiger partial charge in [0.25, 0.3) is 0 Å². The minimum absolute atomic E-state index is 0.00639. The van der Waals surface area contributed by atoms with Crippen LogP contribution in [0.2, 0.25) is 0 Å². The molecule has 0 saturated heterocycles. The molecule has 3 rings (SSSR count). The zero-order valence-corrected chi connectivity index (χ0v) is 15.4. The van der Waals surface area contributed by atoms with Crippen molar-refractivity contribution in [3.8, 4) is 5.75 Å². The first-order valence-corrected chi connectivity index (χ1v) is 8.94. The summed E-state index contributed by atoms with van der Waals surface area (Å²) in [5, 5.41) is 0. The summed E-state index contributed by atoms with van der Waals surface area (Å²) in [7, 11) is 0. The molecule has 1 saturated carbocycles. The second kappa shape index (κ2) is 4.62. The molecule has 1 aromatic carbocycles. The number of fused-ring (bicyclic) bond motifs is 2. The molecule has 0 aromatic heterocycles. The van der Waals surface area contributed by atoms with Crippen LogP contribution in [-0.2, 0) is 6.42 Å². The van der Waals surface area contributed by atoms with Gasteiger partial charge in [0.2, 0.25) is 0 Å². The Hall–Kier alpha value is 0.230. The van der Waals surface area contributed by atoms with Crippen LogP contribution >= 0.6 is 38.5 Å². The van der Waals surface area contributed by atoms with E-state index in [2.05, 4.69) is 77.5 Å². The first-order chi connectivity index (χ1) is 8.83. The van der Waals surface area contributed by atoms with Gasteiger partial charge in [0.15, 0.2) is 0 Å². The molecule has 1 aliphatic heterocycles. The highest BCUT2D eigenvalue weighted by Crippen LogP contribution is 2.54. The molecule has 3 heteroatoms. The fraction of sp³-hybridized carbons (Fsp3) is 0.625. The number of hydrogen-bond donors (Lipinski definition) is 0. The summed E-state index contributed by atoms with van der Waals surface area (Å²) in [4.78, 5) is 0.589. The van der Waals surface area contributed by atoms with Crippen molar-refractivity contribution in [2.75, 3.05) is 0 Å². The van der Waals surface area contributed by atoms with Crippen LogP contribution in [0.1, 0.15) is 39.2 Å². The molecule has 1 heterocycles. The number of rotatable bonds is 0. The van der Waals surface area contributed by atoms with Gasteiger partial charge in [-0.2, -0.15) is 0 Å². The Morgan fingerprint density at radius 2 is 2.05 bits per heavy atom. The molecule has 1 fully saturated rings. The Kier molecular flexibility index (Phi) is 3.45. The number of benzene rings is 1. The summed E-state index contributed by atoms with van der Waals surface area (Å²) in [5.41, 5.74) is 1.64. The third-order valence-electron chi connectivity index (χ3n) is 5.13. The van der Waals surface area contributed by atoms with E-state index in [4.69, 9.17) is 4.74 Å². The molecule has 0 bridgehead atoms. The summed E-state index contributed by atoms with van der Waals surface area (Å²) in [6.07, 6.45) is 3.47. The largest absolute Gasteiger partial charge is 0.487 e. The Morgan fingerprint density at radius 3 is 2.79 bits per heavy atom. The highest BCUT2D eigenvalue weighted by Gasteiger charge is 2.53.